The Bertz CT molecular complexity index is 624. The van der Waals surface area contributed by atoms with Crippen LogP contribution in [0.5, 0.6) is 5.75 Å². The Balaban J connectivity index is 1.85. The molecule has 2 aromatic rings. The van der Waals surface area contributed by atoms with Gasteiger partial charge < -0.3 is 9.64 Å². The summed E-state index contributed by atoms with van der Waals surface area (Å²) in [7, 11) is 1.67. The molecule has 3 rings (SSSR count). The van der Waals surface area contributed by atoms with Crippen LogP contribution in [0.3, 0.4) is 0 Å². The molecule has 0 amide bonds. The molecule has 2 aromatic heterocycles. The molecule has 0 aromatic carbocycles. The van der Waals surface area contributed by atoms with Crippen LogP contribution in [0.2, 0.25) is 0 Å². The first-order chi connectivity index (χ1) is 10.2. The van der Waals surface area contributed by atoms with Crippen molar-refractivity contribution in [2.45, 2.75) is 32.7 Å². The van der Waals surface area contributed by atoms with Crippen LogP contribution in [0.4, 0.5) is 5.82 Å². The van der Waals surface area contributed by atoms with Crippen molar-refractivity contribution in [2.24, 2.45) is 0 Å². The van der Waals surface area contributed by atoms with Crippen molar-refractivity contribution < 1.29 is 4.74 Å². The van der Waals surface area contributed by atoms with Gasteiger partial charge in [0.25, 0.3) is 0 Å². The number of piperidine rings is 1. The van der Waals surface area contributed by atoms with Gasteiger partial charge in [0.15, 0.2) is 11.6 Å². The summed E-state index contributed by atoms with van der Waals surface area (Å²) in [5.41, 5.74) is 2.07. The Morgan fingerprint density at radius 1 is 1.29 bits per heavy atom. The van der Waals surface area contributed by atoms with Gasteiger partial charge in [0.2, 0.25) is 0 Å². The van der Waals surface area contributed by atoms with E-state index in [0.29, 0.717) is 6.04 Å². The minimum absolute atomic E-state index is 0.382. The van der Waals surface area contributed by atoms with Crippen LogP contribution in [0.25, 0.3) is 0 Å². The second-order valence-corrected chi connectivity index (χ2v) is 5.56. The largest absolute Gasteiger partial charge is 0.491 e. The molecule has 3 heterocycles. The zero-order valence-corrected chi connectivity index (χ0v) is 12.8. The summed E-state index contributed by atoms with van der Waals surface area (Å²) in [5.74, 6) is 1.66. The van der Waals surface area contributed by atoms with Gasteiger partial charge in [-0.15, -0.1) is 0 Å². The molecule has 1 atom stereocenters. The van der Waals surface area contributed by atoms with Crippen LogP contribution in [0.1, 0.15) is 30.1 Å². The summed E-state index contributed by atoms with van der Waals surface area (Å²) in [6, 6.07) is 0.382. The second kappa shape index (κ2) is 5.71. The molecule has 1 aliphatic heterocycles. The Labute approximate surface area is 124 Å². The third-order valence-electron chi connectivity index (χ3n) is 3.97. The number of hydrogen-bond acceptors (Lipinski definition) is 5. The van der Waals surface area contributed by atoms with Crippen molar-refractivity contribution in [1.82, 2.24) is 19.7 Å². The first-order valence-electron chi connectivity index (χ1n) is 7.30. The predicted molar refractivity (Wildman–Crippen MR) is 80.8 cm³/mol. The van der Waals surface area contributed by atoms with E-state index in [-0.39, 0.29) is 0 Å². The minimum Gasteiger partial charge on any atom is -0.491 e. The maximum absolute atomic E-state index is 5.49. The number of nitrogens with zero attached hydrogens (tertiary/aromatic N) is 5. The molecule has 0 N–H and O–H groups in total. The summed E-state index contributed by atoms with van der Waals surface area (Å²) in [5, 5.41) is 4.45. The molecule has 0 unspecified atom stereocenters. The fraction of sp³-hybridized carbons (Fsp3) is 0.533. The van der Waals surface area contributed by atoms with Gasteiger partial charge in [-0.05, 0) is 32.3 Å². The average molecular weight is 287 g/mol. The number of ether oxygens (including phenoxy) is 1. The lowest BCUT2D eigenvalue weighted by molar-refractivity contribution is 0.366. The molecule has 21 heavy (non-hydrogen) atoms. The van der Waals surface area contributed by atoms with Gasteiger partial charge in [0.1, 0.15) is 6.33 Å². The highest BCUT2D eigenvalue weighted by Gasteiger charge is 2.25. The summed E-state index contributed by atoms with van der Waals surface area (Å²) < 4.78 is 7.56. The Morgan fingerprint density at radius 3 is 2.86 bits per heavy atom. The normalized spacial score (nSPS) is 18.8. The smallest absolute Gasteiger partial charge is 0.182 e. The molecule has 1 fully saturated rings. The summed E-state index contributed by atoms with van der Waals surface area (Å²) in [4.78, 5) is 10.9. The minimum atomic E-state index is 0.382. The van der Waals surface area contributed by atoms with E-state index in [1.807, 2.05) is 13.1 Å². The molecule has 0 saturated carbocycles. The van der Waals surface area contributed by atoms with Crippen molar-refractivity contribution in [3.05, 3.63) is 30.0 Å². The number of hydrogen-bond donors (Lipinski definition) is 0. The van der Waals surface area contributed by atoms with E-state index < -0.39 is 0 Å². The van der Waals surface area contributed by atoms with Gasteiger partial charge in [0, 0.05) is 19.3 Å². The highest BCUT2D eigenvalue weighted by molar-refractivity contribution is 5.54. The van der Waals surface area contributed by atoms with Crippen molar-refractivity contribution in [1.29, 1.82) is 0 Å². The van der Waals surface area contributed by atoms with E-state index in [1.165, 1.54) is 5.56 Å². The van der Waals surface area contributed by atoms with Crippen LogP contribution in [0, 0.1) is 13.8 Å². The molecule has 0 bridgehead atoms. The third kappa shape index (κ3) is 2.70. The molecule has 0 spiro atoms. The van der Waals surface area contributed by atoms with E-state index >= 15 is 0 Å². The lowest BCUT2D eigenvalue weighted by Gasteiger charge is -2.34. The third-order valence-corrected chi connectivity index (χ3v) is 3.97. The molecule has 6 nitrogen and oxygen atoms in total. The van der Waals surface area contributed by atoms with Crippen molar-refractivity contribution in [2.75, 3.05) is 25.1 Å². The standard InChI is InChI=1S/C15H21N5O/c1-11-7-18-20(8-11)13-5-4-6-19(9-13)15-14(21-3)12(2)16-10-17-15/h7-8,10,13H,4-6,9H2,1-3H3/t13-/m0/s1. The van der Waals surface area contributed by atoms with Gasteiger partial charge in [-0.3, -0.25) is 4.68 Å². The quantitative estimate of drug-likeness (QED) is 0.865. The van der Waals surface area contributed by atoms with Crippen molar-refractivity contribution in [3.8, 4) is 5.75 Å². The maximum Gasteiger partial charge on any atom is 0.182 e. The molecule has 112 valence electrons. The summed E-state index contributed by atoms with van der Waals surface area (Å²) >= 11 is 0. The number of aromatic nitrogens is 4. The first-order valence-corrected chi connectivity index (χ1v) is 7.30. The van der Waals surface area contributed by atoms with Crippen LogP contribution >= 0.6 is 0 Å². The van der Waals surface area contributed by atoms with Gasteiger partial charge in [0.05, 0.1) is 25.0 Å². The van der Waals surface area contributed by atoms with Gasteiger partial charge in [-0.25, -0.2) is 9.97 Å². The molecular formula is C15H21N5O. The first kappa shape index (κ1) is 13.9. The Kier molecular flexibility index (Phi) is 3.77. The van der Waals surface area contributed by atoms with E-state index in [4.69, 9.17) is 4.74 Å². The molecule has 0 aliphatic carbocycles. The van der Waals surface area contributed by atoms with Crippen LogP contribution in [0.15, 0.2) is 18.7 Å². The van der Waals surface area contributed by atoms with Gasteiger partial charge >= 0.3 is 0 Å². The van der Waals surface area contributed by atoms with Gasteiger partial charge in [-0.2, -0.15) is 5.10 Å². The number of aryl methyl sites for hydroxylation is 2. The summed E-state index contributed by atoms with van der Waals surface area (Å²) in [6.07, 6.45) is 7.89. The van der Waals surface area contributed by atoms with Gasteiger partial charge in [-0.1, -0.05) is 0 Å². The van der Waals surface area contributed by atoms with E-state index in [9.17, 15) is 0 Å². The summed E-state index contributed by atoms with van der Waals surface area (Å²) in [6.45, 7) is 5.90. The van der Waals surface area contributed by atoms with Crippen LogP contribution in [-0.4, -0.2) is 39.9 Å². The van der Waals surface area contributed by atoms with Crippen LogP contribution < -0.4 is 9.64 Å². The fourth-order valence-corrected chi connectivity index (χ4v) is 2.91. The molecule has 1 aliphatic rings. The van der Waals surface area contributed by atoms with Crippen molar-refractivity contribution in [3.63, 3.8) is 0 Å². The highest BCUT2D eigenvalue weighted by atomic mass is 16.5. The molecular weight excluding hydrogens is 266 g/mol. The topological polar surface area (TPSA) is 56.1 Å². The molecule has 6 heteroatoms. The Morgan fingerprint density at radius 2 is 2.14 bits per heavy atom. The lowest BCUT2D eigenvalue weighted by atomic mass is 10.1. The average Bonchev–Trinajstić information content (AvgIpc) is 2.94. The molecule has 1 saturated heterocycles. The molecule has 0 radical (unpaired) electrons. The number of rotatable bonds is 3. The van der Waals surface area contributed by atoms with E-state index in [1.54, 1.807) is 13.4 Å². The SMILES string of the molecule is COc1c(C)ncnc1N1CCC[C@H](n2cc(C)cn2)C1. The number of methoxy groups -OCH3 is 1. The maximum atomic E-state index is 5.49. The fourth-order valence-electron chi connectivity index (χ4n) is 2.91. The lowest BCUT2D eigenvalue weighted by Crippen LogP contribution is -2.37. The van der Waals surface area contributed by atoms with Crippen LogP contribution in [-0.2, 0) is 0 Å². The van der Waals surface area contributed by atoms with E-state index in [0.717, 1.165) is 43.2 Å². The zero-order valence-electron chi connectivity index (χ0n) is 12.8. The van der Waals surface area contributed by atoms with E-state index in [2.05, 4.69) is 37.8 Å². The highest BCUT2D eigenvalue weighted by Crippen LogP contribution is 2.32. The predicted octanol–water partition coefficient (Wildman–Crippen LogP) is 2.14. The monoisotopic (exact) mass is 287 g/mol. The number of anilines is 1. The zero-order chi connectivity index (χ0) is 14.8. The van der Waals surface area contributed by atoms with Crippen molar-refractivity contribution >= 4 is 5.82 Å². The Hall–Kier alpha value is -2.11. The second-order valence-electron chi connectivity index (χ2n) is 5.56.